The Morgan fingerprint density at radius 1 is 0.914 bits per heavy atom. The number of hydrogen-bond acceptors (Lipinski definition) is 5. The molecule has 0 aliphatic heterocycles. The molecule has 0 heterocycles. The third-order valence-corrected chi connectivity index (χ3v) is 6.76. The molecule has 0 spiro atoms. The summed E-state index contributed by atoms with van der Waals surface area (Å²) in [4.78, 5) is 35.6. The van der Waals surface area contributed by atoms with Crippen molar-refractivity contribution in [2.75, 3.05) is 26.4 Å². The SMILES string of the molecule is O=C(CCOCCNC(=O)OCC1c2ccccc2-c2ccccc21)N[C@H]1CCCC[C@H]1C(=O)O. The van der Waals surface area contributed by atoms with Crippen molar-refractivity contribution >= 4 is 18.0 Å². The van der Waals surface area contributed by atoms with Gasteiger partial charge >= 0.3 is 12.1 Å². The molecule has 2 aromatic rings. The Morgan fingerprint density at radius 2 is 1.57 bits per heavy atom. The molecule has 2 amide bonds. The molecule has 4 rings (SSSR count). The molecule has 2 atom stereocenters. The number of nitrogens with one attached hydrogen (secondary N) is 2. The summed E-state index contributed by atoms with van der Waals surface area (Å²) in [6.07, 6.45) is 2.72. The predicted octanol–water partition coefficient (Wildman–Crippen LogP) is 3.69. The van der Waals surface area contributed by atoms with Gasteiger partial charge in [0.05, 0.1) is 19.1 Å². The summed E-state index contributed by atoms with van der Waals surface area (Å²) in [6, 6.07) is 16.0. The number of amides is 2. The lowest BCUT2D eigenvalue weighted by atomic mass is 9.84. The summed E-state index contributed by atoms with van der Waals surface area (Å²) < 4.78 is 10.9. The maximum absolute atomic E-state index is 12.2. The zero-order valence-electron chi connectivity index (χ0n) is 19.7. The first-order chi connectivity index (χ1) is 17.0. The predicted molar refractivity (Wildman–Crippen MR) is 130 cm³/mol. The van der Waals surface area contributed by atoms with Gasteiger partial charge in [0, 0.05) is 24.9 Å². The summed E-state index contributed by atoms with van der Waals surface area (Å²) in [5, 5.41) is 14.8. The summed E-state index contributed by atoms with van der Waals surface area (Å²) >= 11 is 0. The van der Waals surface area contributed by atoms with Crippen molar-refractivity contribution in [2.45, 2.75) is 44.1 Å². The number of alkyl carbamates (subject to hydrolysis) is 1. The molecule has 0 unspecified atom stereocenters. The zero-order valence-corrected chi connectivity index (χ0v) is 19.7. The molecule has 2 aromatic carbocycles. The normalized spacial score (nSPS) is 18.9. The second kappa shape index (κ2) is 11.8. The van der Waals surface area contributed by atoms with E-state index >= 15 is 0 Å². The standard InChI is InChI=1S/C27H32N2O6/c30-25(29-24-12-6-5-11-22(24)26(31)32)13-15-34-16-14-28-27(33)35-17-23-20-9-3-1-7-18(20)19-8-2-4-10-21(19)23/h1-4,7-10,22-24H,5-6,11-17H2,(H,28,33)(H,29,30)(H,31,32)/t22-,24+/m1/s1. The molecule has 35 heavy (non-hydrogen) atoms. The van der Waals surface area contributed by atoms with Gasteiger partial charge in [0.15, 0.2) is 0 Å². The van der Waals surface area contributed by atoms with E-state index in [0.29, 0.717) is 12.8 Å². The molecule has 2 aliphatic carbocycles. The van der Waals surface area contributed by atoms with Crippen molar-refractivity contribution in [1.29, 1.82) is 0 Å². The van der Waals surface area contributed by atoms with Crippen LogP contribution in [0.1, 0.15) is 49.1 Å². The van der Waals surface area contributed by atoms with Crippen LogP contribution in [0.25, 0.3) is 11.1 Å². The first-order valence-electron chi connectivity index (χ1n) is 12.2. The lowest BCUT2D eigenvalue weighted by molar-refractivity contribution is -0.144. The number of ether oxygens (including phenoxy) is 2. The summed E-state index contributed by atoms with van der Waals surface area (Å²) in [5.74, 6) is -1.58. The van der Waals surface area contributed by atoms with Gasteiger partial charge in [-0.2, -0.15) is 0 Å². The first kappa shape index (κ1) is 24.7. The van der Waals surface area contributed by atoms with Crippen LogP contribution in [0, 0.1) is 5.92 Å². The zero-order chi connectivity index (χ0) is 24.6. The fourth-order valence-electron chi connectivity index (χ4n) is 5.02. The highest BCUT2D eigenvalue weighted by Gasteiger charge is 2.32. The fraction of sp³-hybridized carbons (Fsp3) is 0.444. The van der Waals surface area contributed by atoms with Crippen LogP contribution >= 0.6 is 0 Å². The number of carbonyl (C=O) groups is 3. The van der Waals surface area contributed by atoms with Gasteiger partial charge in [-0.25, -0.2) is 4.79 Å². The van der Waals surface area contributed by atoms with Crippen LogP contribution in [0.4, 0.5) is 4.79 Å². The van der Waals surface area contributed by atoms with E-state index in [-0.39, 0.29) is 50.7 Å². The maximum atomic E-state index is 12.2. The minimum Gasteiger partial charge on any atom is -0.481 e. The molecule has 0 aromatic heterocycles. The van der Waals surface area contributed by atoms with E-state index < -0.39 is 18.0 Å². The van der Waals surface area contributed by atoms with Crippen LogP contribution in [0.3, 0.4) is 0 Å². The average Bonchev–Trinajstić information content (AvgIpc) is 3.18. The summed E-state index contributed by atoms with van der Waals surface area (Å²) in [7, 11) is 0. The smallest absolute Gasteiger partial charge is 0.407 e. The van der Waals surface area contributed by atoms with Crippen molar-refractivity contribution in [2.24, 2.45) is 5.92 Å². The number of carboxylic acid groups (broad SMARTS) is 1. The molecular weight excluding hydrogens is 448 g/mol. The Bertz CT molecular complexity index is 1010. The average molecular weight is 481 g/mol. The monoisotopic (exact) mass is 480 g/mol. The van der Waals surface area contributed by atoms with Crippen molar-refractivity contribution in [3.8, 4) is 11.1 Å². The minimum absolute atomic E-state index is 0.00722. The van der Waals surface area contributed by atoms with Crippen LogP contribution in [0.5, 0.6) is 0 Å². The highest BCUT2D eigenvalue weighted by molar-refractivity contribution is 5.79. The molecule has 1 fully saturated rings. The molecule has 8 nitrogen and oxygen atoms in total. The number of fused-ring (bicyclic) bond motifs is 3. The van der Waals surface area contributed by atoms with Crippen LogP contribution < -0.4 is 10.6 Å². The van der Waals surface area contributed by atoms with Crippen molar-refractivity contribution in [3.05, 3.63) is 59.7 Å². The number of aliphatic carboxylic acids is 1. The summed E-state index contributed by atoms with van der Waals surface area (Å²) in [5.41, 5.74) is 4.67. The minimum atomic E-state index is -0.856. The van der Waals surface area contributed by atoms with E-state index in [0.717, 1.165) is 24.0 Å². The Morgan fingerprint density at radius 3 is 2.26 bits per heavy atom. The quantitative estimate of drug-likeness (QED) is 0.447. The maximum Gasteiger partial charge on any atom is 0.407 e. The fourth-order valence-corrected chi connectivity index (χ4v) is 5.02. The lowest BCUT2D eigenvalue weighted by Gasteiger charge is -2.29. The van der Waals surface area contributed by atoms with Gasteiger partial charge in [0.2, 0.25) is 5.91 Å². The van der Waals surface area contributed by atoms with E-state index in [1.165, 1.54) is 11.1 Å². The van der Waals surface area contributed by atoms with Gasteiger partial charge < -0.3 is 25.2 Å². The van der Waals surface area contributed by atoms with E-state index in [1.54, 1.807) is 0 Å². The number of benzene rings is 2. The number of carbonyl (C=O) groups excluding carboxylic acids is 2. The van der Waals surface area contributed by atoms with E-state index in [4.69, 9.17) is 9.47 Å². The van der Waals surface area contributed by atoms with Gasteiger partial charge in [-0.15, -0.1) is 0 Å². The largest absolute Gasteiger partial charge is 0.481 e. The molecule has 2 aliphatic rings. The van der Waals surface area contributed by atoms with Crippen molar-refractivity contribution < 1.29 is 29.0 Å². The lowest BCUT2D eigenvalue weighted by Crippen LogP contribution is -2.45. The molecular formula is C27H32N2O6. The van der Waals surface area contributed by atoms with Gasteiger partial charge in [0.1, 0.15) is 6.61 Å². The molecule has 3 N–H and O–H groups in total. The molecule has 0 saturated heterocycles. The van der Waals surface area contributed by atoms with Gasteiger partial charge in [-0.1, -0.05) is 61.4 Å². The molecule has 0 bridgehead atoms. The molecule has 0 radical (unpaired) electrons. The summed E-state index contributed by atoms with van der Waals surface area (Å²) in [6.45, 7) is 0.961. The first-order valence-corrected chi connectivity index (χ1v) is 12.2. The third-order valence-electron chi connectivity index (χ3n) is 6.76. The van der Waals surface area contributed by atoms with Crippen LogP contribution in [-0.2, 0) is 19.1 Å². The van der Waals surface area contributed by atoms with Gasteiger partial charge in [-0.3, -0.25) is 9.59 Å². The molecule has 186 valence electrons. The Balaban J connectivity index is 1.12. The van der Waals surface area contributed by atoms with Crippen molar-refractivity contribution in [3.63, 3.8) is 0 Å². The Hall–Kier alpha value is -3.39. The van der Waals surface area contributed by atoms with E-state index in [1.807, 2.05) is 24.3 Å². The number of hydrogen-bond donors (Lipinski definition) is 3. The van der Waals surface area contributed by atoms with Gasteiger partial charge in [0.25, 0.3) is 0 Å². The topological polar surface area (TPSA) is 114 Å². The Labute approximate surface area is 205 Å². The van der Waals surface area contributed by atoms with Crippen LogP contribution in [0.2, 0.25) is 0 Å². The van der Waals surface area contributed by atoms with Crippen LogP contribution in [0.15, 0.2) is 48.5 Å². The highest BCUT2D eigenvalue weighted by atomic mass is 16.5. The molecule has 1 saturated carbocycles. The van der Waals surface area contributed by atoms with Crippen molar-refractivity contribution in [1.82, 2.24) is 10.6 Å². The number of rotatable bonds is 10. The van der Waals surface area contributed by atoms with E-state index in [2.05, 4.69) is 34.9 Å². The second-order valence-corrected chi connectivity index (χ2v) is 9.02. The molecule has 8 heteroatoms. The van der Waals surface area contributed by atoms with Crippen LogP contribution in [-0.4, -0.2) is 55.5 Å². The second-order valence-electron chi connectivity index (χ2n) is 9.02. The third kappa shape index (κ3) is 6.19. The van der Waals surface area contributed by atoms with E-state index in [9.17, 15) is 19.5 Å². The Kier molecular flexibility index (Phi) is 8.36. The highest BCUT2D eigenvalue weighted by Crippen LogP contribution is 2.44. The van der Waals surface area contributed by atoms with Gasteiger partial charge in [-0.05, 0) is 35.1 Å². The number of carboxylic acids is 1.